The number of carboxylic acid groups (broad SMARTS) is 1. The van der Waals surface area contributed by atoms with Crippen LogP contribution >= 0.6 is 0 Å². The van der Waals surface area contributed by atoms with Gasteiger partial charge in [0.25, 0.3) is 0 Å². The lowest BCUT2D eigenvalue weighted by molar-refractivity contribution is -0.140. The van der Waals surface area contributed by atoms with Gasteiger partial charge in [-0.25, -0.2) is 0 Å². The molecule has 0 saturated heterocycles. The van der Waals surface area contributed by atoms with Crippen molar-refractivity contribution < 1.29 is 14.6 Å². The van der Waals surface area contributed by atoms with Gasteiger partial charge in [-0.15, -0.1) is 0 Å². The Morgan fingerprint density at radius 3 is 2.94 bits per heavy atom. The first kappa shape index (κ1) is 10.9. The van der Waals surface area contributed by atoms with Crippen LogP contribution in [-0.4, -0.2) is 22.7 Å². The average Bonchev–Trinajstić information content (AvgIpc) is 2.63. The Balaban J connectivity index is 2.35. The van der Waals surface area contributed by atoms with Crippen molar-refractivity contribution in [3.05, 3.63) is 23.5 Å². The monoisotopic (exact) mass is 221 g/mol. The SMILES string of the molecule is CC(C)C(C(=O)O)c1cc2c(cn1)OCC2. The second kappa shape index (κ2) is 4.12. The summed E-state index contributed by atoms with van der Waals surface area (Å²) in [5.74, 6) is -0.533. The van der Waals surface area contributed by atoms with Crippen LogP contribution in [0.25, 0.3) is 0 Å². The van der Waals surface area contributed by atoms with Crippen molar-refractivity contribution in [2.75, 3.05) is 6.61 Å². The van der Waals surface area contributed by atoms with Gasteiger partial charge in [0.2, 0.25) is 0 Å². The van der Waals surface area contributed by atoms with E-state index >= 15 is 0 Å². The quantitative estimate of drug-likeness (QED) is 0.846. The Labute approximate surface area is 94.3 Å². The fourth-order valence-corrected chi connectivity index (χ4v) is 2.02. The van der Waals surface area contributed by atoms with Crippen LogP contribution in [0.15, 0.2) is 12.3 Å². The Hall–Kier alpha value is -1.58. The third-order valence-electron chi connectivity index (χ3n) is 2.85. The molecule has 4 heteroatoms. The van der Waals surface area contributed by atoms with Gasteiger partial charge in [0.15, 0.2) is 0 Å². The molecule has 16 heavy (non-hydrogen) atoms. The Kier molecular flexibility index (Phi) is 2.81. The van der Waals surface area contributed by atoms with Gasteiger partial charge in [-0.3, -0.25) is 9.78 Å². The van der Waals surface area contributed by atoms with Gasteiger partial charge < -0.3 is 9.84 Å². The molecular weight excluding hydrogens is 206 g/mol. The van der Waals surface area contributed by atoms with Crippen LogP contribution in [0.2, 0.25) is 0 Å². The number of aromatic nitrogens is 1. The zero-order valence-electron chi connectivity index (χ0n) is 9.43. The lowest BCUT2D eigenvalue weighted by atomic mass is 9.91. The van der Waals surface area contributed by atoms with E-state index in [1.165, 1.54) is 0 Å². The molecule has 0 amide bonds. The van der Waals surface area contributed by atoms with Crippen molar-refractivity contribution in [2.24, 2.45) is 5.92 Å². The first-order chi connectivity index (χ1) is 7.59. The van der Waals surface area contributed by atoms with E-state index in [0.29, 0.717) is 12.3 Å². The first-order valence-electron chi connectivity index (χ1n) is 5.44. The molecule has 1 atom stereocenters. The Morgan fingerprint density at radius 1 is 1.56 bits per heavy atom. The summed E-state index contributed by atoms with van der Waals surface area (Å²) in [7, 11) is 0. The summed E-state index contributed by atoms with van der Waals surface area (Å²) >= 11 is 0. The molecule has 1 N–H and O–H groups in total. The van der Waals surface area contributed by atoms with E-state index < -0.39 is 11.9 Å². The van der Waals surface area contributed by atoms with E-state index in [9.17, 15) is 9.90 Å². The summed E-state index contributed by atoms with van der Waals surface area (Å²) in [4.78, 5) is 15.4. The predicted octanol–water partition coefficient (Wildman–Crippen LogP) is 1.84. The molecule has 0 aliphatic carbocycles. The van der Waals surface area contributed by atoms with Gasteiger partial charge >= 0.3 is 5.97 Å². The highest BCUT2D eigenvalue weighted by Gasteiger charge is 2.26. The molecule has 4 nitrogen and oxygen atoms in total. The van der Waals surface area contributed by atoms with Gasteiger partial charge in [0, 0.05) is 12.0 Å². The van der Waals surface area contributed by atoms with E-state index in [0.717, 1.165) is 17.7 Å². The van der Waals surface area contributed by atoms with E-state index in [-0.39, 0.29) is 5.92 Å². The molecule has 0 radical (unpaired) electrons. The second-order valence-corrected chi connectivity index (χ2v) is 4.38. The molecule has 1 aliphatic rings. The number of rotatable bonds is 3. The number of fused-ring (bicyclic) bond motifs is 1. The number of hydrogen-bond donors (Lipinski definition) is 1. The van der Waals surface area contributed by atoms with Crippen molar-refractivity contribution in [2.45, 2.75) is 26.2 Å². The number of pyridine rings is 1. The lowest BCUT2D eigenvalue weighted by Crippen LogP contribution is -2.18. The molecule has 1 aliphatic heterocycles. The largest absolute Gasteiger partial charge is 0.491 e. The van der Waals surface area contributed by atoms with Crippen molar-refractivity contribution in [3.63, 3.8) is 0 Å². The van der Waals surface area contributed by atoms with E-state index in [1.807, 2.05) is 19.9 Å². The summed E-state index contributed by atoms with van der Waals surface area (Å²) in [5.41, 5.74) is 1.70. The normalized spacial score (nSPS) is 15.7. The highest BCUT2D eigenvalue weighted by molar-refractivity contribution is 5.75. The van der Waals surface area contributed by atoms with Crippen LogP contribution in [0, 0.1) is 5.92 Å². The number of aliphatic carboxylic acids is 1. The van der Waals surface area contributed by atoms with Crippen LogP contribution in [-0.2, 0) is 11.2 Å². The summed E-state index contributed by atoms with van der Waals surface area (Å²) in [6, 6.07) is 1.86. The molecule has 0 spiro atoms. The summed E-state index contributed by atoms with van der Waals surface area (Å²) in [6.07, 6.45) is 2.48. The van der Waals surface area contributed by atoms with Crippen LogP contribution in [0.5, 0.6) is 5.75 Å². The smallest absolute Gasteiger partial charge is 0.312 e. The average molecular weight is 221 g/mol. The maximum Gasteiger partial charge on any atom is 0.312 e. The molecular formula is C12H15NO3. The highest BCUT2D eigenvalue weighted by Crippen LogP contribution is 2.29. The molecule has 0 fully saturated rings. The van der Waals surface area contributed by atoms with Crippen molar-refractivity contribution in [1.29, 1.82) is 0 Å². The van der Waals surface area contributed by atoms with Crippen LogP contribution in [0.3, 0.4) is 0 Å². The molecule has 0 saturated carbocycles. The van der Waals surface area contributed by atoms with Gasteiger partial charge in [0.05, 0.1) is 18.5 Å². The topological polar surface area (TPSA) is 59.4 Å². The molecule has 0 aromatic carbocycles. The zero-order valence-corrected chi connectivity index (χ0v) is 9.43. The summed E-state index contributed by atoms with van der Waals surface area (Å²) < 4.78 is 5.34. The van der Waals surface area contributed by atoms with E-state index in [1.54, 1.807) is 6.20 Å². The Bertz CT molecular complexity index is 415. The minimum absolute atomic E-state index is 0.0328. The van der Waals surface area contributed by atoms with Gasteiger partial charge in [-0.1, -0.05) is 13.8 Å². The number of carbonyl (C=O) groups is 1. The third kappa shape index (κ3) is 1.87. The van der Waals surface area contributed by atoms with Gasteiger partial charge in [-0.05, 0) is 12.0 Å². The second-order valence-electron chi connectivity index (χ2n) is 4.38. The highest BCUT2D eigenvalue weighted by atomic mass is 16.5. The van der Waals surface area contributed by atoms with E-state index in [2.05, 4.69) is 4.98 Å². The lowest BCUT2D eigenvalue weighted by Gasteiger charge is -2.15. The molecule has 2 heterocycles. The maximum atomic E-state index is 11.2. The number of carboxylic acids is 1. The fourth-order valence-electron chi connectivity index (χ4n) is 2.02. The first-order valence-corrected chi connectivity index (χ1v) is 5.44. The molecule has 0 bridgehead atoms. The Morgan fingerprint density at radius 2 is 2.31 bits per heavy atom. The minimum Gasteiger partial charge on any atom is -0.491 e. The van der Waals surface area contributed by atoms with Crippen LogP contribution in [0.1, 0.15) is 31.0 Å². The van der Waals surface area contributed by atoms with Crippen LogP contribution < -0.4 is 4.74 Å². The zero-order chi connectivity index (χ0) is 11.7. The molecule has 1 aromatic rings. The van der Waals surface area contributed by atoms with Crippen molar-refractivity contribution >= 4 is 5.97 Å². The van der Waals surface area contributed by atoms with Crippen molar-refractivity contribution in [3.8, 4) is 5.75 Å². The third-order valence-corrected chi connectivity index (χ3v) is 2.85. The number of hydrogen-bond acceptors (Lipinski definition) is 3. The van der Waals surface area contributed by atoms with Crippen LogP contribution in [0.4, 0.5) is 0 Å². The summed E-state index contributed by atoms with van der Waals surface area (Å²) in [5, 5.41) is 9.17. The van der Waals surface area contributed by atoms with E-state index in [4.69, 9.17) is 4.74 Å². The number of ether oxygens (including phenoxy) is 1. The van der Waals surface area contributed by atoms with Crippen molar-refractivity contribution in [1.82, 2.24) is 4.98 Å². The minimum atomic E-state index is -0.818. The molecule has 1 aromatic heterocycles. The van der Waals surface area contributed by atoms with Gasteiger partial charge in [-0.2, -0.15) is 0 Å². The predicted molar refractivity (Wildman–Crippen MR) is 58.7 cm³/mol. The molecule has 2 rings (SSSR count). The summed E-state index contributed by atoms with van der Waals surface area (Å²) in [6.45, 7) is 4.45. The standard InChI is InChI=1S/C12H15NO3/c1-7(2)11(12(14)15)9-5-8-3-4-16-10(8)6-13-9/h5-7,11H,3-4H2,1-2H3,(H,14,15). The maximum absolute atomic E-state index is 11.2. The molecule has 1 unspecified atom stereocenters. The molecule has 86 valence electrons. The number of nitrogens with zero attached hydrogens (tertiary/aromatic N) is 1. The van der Waals surface area contributed by atoms with Gasteiger partial charge in [0.1, 0.15) is 11.7 Å². The fraction of sp³-hybridized carbons (Fsp3) is 0.500.